The molecule has 2 atom stereocenters. The highest BCUT2D eigenvalue weighted by atomic mass is 35.5. The van der Waals surface area contributed by atoms with Crippen LogP contribution in [0.25, 0.3) is 0 Å². The summed E-state index contributed by atoms with van der Waals surface area (Å²) >= 11 is 5.94. The number of nitrogens with two attached hydrogens (primary N) is 1. The standard InChI is InChI=1S/C19H19ClN2O4/c20-16-7-6-13(8-17(16)21)14-9-22(10-15(14)18(23)24)19(25)26-11-12-4-2-1-3-5-12/h1-8,14-15H,9-11,21H2,(H,23,24). The van der Waals surface area contributed by atoms with Crippen LogP contribution in [-0.4, -0.2) is 35.2 Å². The fraction of sp³-hybridized carbons (Fsp3) is 0.263. The first kappa shape index (κ1) is 18.1. The normalized spacial score (nSPS) is 19.3. The molecule has 26 heavy (non-hydrogen) atoms. The third kappa shape index (κ3) is 3.91. The molecule has 0 radical (unpaired) electrons. The van der Waals surface area contributed by atoms with E-state index in [1.807, 2.05) is 30.3 Å². The van der Waals surface area contributed by atoms with Crippen LogP contribution in [0.4, 0.5) is 10.5 Å². The van der Waals surface area contributed by atoms with Crippen LogP contribution in [0.15, 0.2) is 48.5 Å². The first-order valence-electron chi connectivity index (χ1n) is 8.19. The zero-order valence-electron chi connectivity index (χ0n) is 14.0. The maximum Gasteiger partial charge on any atom is 0.410 e. The van der Waals surface area contributed by atoms with Gasteiger partial charge in [-0.25, -0.2) is 4.79 Å². The molecule has 0 bridgehead atoms. The monoisotopic (exact) mass is 374 g/mol. The van der Waals surface area contributed by atoms with Crippen LogP contribution < -0.4 is 5.73 Å². The Balaban J connectivity index is 1.71. The average Bonchev–Trinajstić information content (AvgIpc) is 3.09. The summed E-state index contributed by atoms with van der Waals surface area (Å²) in [6, 6.07) is 14.4. The number of carbonyl (C=O) groups excluding carboxylic acids is 1. The van der Waals surface area contributed by atoms with Crippen LogP contribution in [0, 0.1) is 5.92 Å². The maximum atomic E-state index is 12.3. The number of rotatable bonds is 4. The largest absolute Gasteiger partial charge is 0.481 e. The van der Waals surface area contributed by atoms with Gasteiger partial charge in [0.1, 0.15) is 6.61 Å². The molecule has 1 amide bonds. The van der Waals surface area contributed by atoms with Gasteiger partial charge in [0.05, 0.1) is 16.6 Å². The maximum absolute atomic E-state index is 12.3. The minimum atomic E-state index is -0.957. The van der Waals surface area contributed by atoms with Crippen LogP contribution in [0.1, 0.15) is 17.0 Å². The predicted octanol–water partition coefficient (Wildman–Crippen LogP) is 3.36. The Labute approximate surface area is 156 Å². The summed E-state index contributed by atoms with van der Waals surface area (Å²) in [7, 11) is 0. The summed E-state index contributed by atoms with van der Waals surface area (Å²) in [5, 5.41) is 9.95. The number of halogens is 1. The highest BCUT2D eigenvalue weighted by Gasteiger charge is 2.41. The van der Waals surface area contributed by atoms with Crippen molar-refractivity contribution < 1.29 is 19.4 Å². The number of carboxylic acid groups (broad SMARTS) is 1. The van der Waals surface area contributed by atoms with Crippen molar-refractivity contribution in [3.05, 3.63) is 64.7 Å². The van der Waals surface area contributed by atoms with Crippen molar-refractivity contribution in [3.63, 3.8) is 0 Å². The number of nitrogen functional groups attached to an aromatic ring is 1. The van der Waals surface area contributed by atoms with E-state index in [0.29, 0.717) is 10.7 Å². The quantitative estimate of drug-likeness (QED) is 0.800. The van der Waals surface area contributed by atoms with Gasteiger partial charge in [0, 0.05) is 19.0 Å². The fourth-order valence-corrected chi connectivity index (χ4v) is 3.26. The number of hydrogen-bond donors (Lipinski definition) is 2. The Kier molecular flexibility index (Phi) is 5.32. The van der Waals surface area contributed by atoms with Crippen molar-refractivity contribution in [2.24, 2.45) is 5.92 Å². The number of hydrogen-bond acceptors (Lipinski definition) is 4. The molecule has 7 heteroatoms. The molecule has 0 saturated carbocycles. The third-order valence-corrected chi connectivity index (χ3v) is 4.89. The van der Waals surface area contributed by atoms with E-state index in [1.165, 1.54) is 4.90 Å². The van der Waals surface area contributed by atoms with E-state index in [0.717, 1.165) is 11.1 Å². The number of carboxylic acids is 1. The number of aliphatic carboxylic acids is 1. The van der Waals surface area contributed by atoms with E-state index in [1.54, 1.807) is 18.2 Å². The van der Waals surface area contributed by atoms with Gasteiger partial charge in [-0.15, -0.1) is 0 Å². The predicted molar refractivity (Wildman–Crippen MR) is 97.9 cm³/mol. The lowest BCUT2D eigenvalue weighted by Gasteiger charge is -2.17. The first-order chi connectivity index (χ1) is 12.5. The number of benzene rings is 2. The number of ether oxygens (including phenoxy) is 1. The Morgan fingerprint density at radius 2 is 1.92 bits per heavy atom. The Bertz CT molecular complexity index is 812. The summed E-state index contributed by atoms with van der Waals surface area (Å²) in [6.07, 6.45) is -0.524. The Morgan fingerprint density at radius 3 is 2.58 bits per heavy atom. The SMILES string of the molecule is Nc1cc(C2CN(C(=O)OCc3ccccc3)CC2C(=O)O)ccc1Cl. The molecule has 3 rings (SSSR count). The van der Waals surface area contributed by atoms with Gasteiger partial charge in [-0.1, -0.05) is 48.0 Å². The van der Waals surface area contributed by atoms with Crippen molar-refractivity contribution in [3.8, 4) is 0 Å². The second-order valence-corrected chi connectivity index (χ2v) is 6.68. The smallest absolute Gasteiger partial charge is 0.410 e. The van der Waals surface area contributed by atoms with E-state index < -0.39 is 18.0 Å². The molecule has 1 fully saturated rings. The van der Waals surface area contributed by atoms with Crippen molar-refractivity contribution in [2.45, 2.75) is 12.5 Å². The summed E-state index contributed by atoms with van der Waals surface area (Å²) in [5.41, 5.74) is 7.84. The number of anilines is 1. The van der Waals surface area contributed by atoms with Crippen LogP contribution in [0.3, 0.4) is 0 Å². The fourth-order valence-electron chi connectivity index (χ4n) is 3.14. The highest BCUT2D eigenvalue weighted by molar-refractivity contribution is 6.33. The van der Waals surface area contributed by atoms with Gasteiger partial charge >= 0.3 is 12.1 Å². The molecule has 136 valence electrons. The van der Waals surface area contributed by atoms with Gasteiger partial charge < -0.3 is 20.5 Å². The van der Waals surface area contributed by atoms with Crippen LogP contribution >= 0.6 is 11.6 Å². The third-order valence-electron chi connectivity index (χ3n) is 4.55. The molecule has 2 aromatic carbocycles. The second-order valence-electron chi connectivity index (χ2n) is 6.28. The lowest BCUT2D eigenvalue weighted by atomic mass is 9.89. The van der Waals surface area contributed by atoms with Gasteiger partial charge in [0.2, 0.25) is 0 Å². The first-order valence-corrected chi connectivity index (χ1v) is 8.57. The number of carbonyl (C=O) groups is 2. The molecular weight excluding hydrogens is 356 g/mol. The summed E-state index contributed by atoms with van der Waals surface area (Å²) in [5.74, 6) is -2.04. The Hall–Kier alpha value is -2.73. The van der Waals surface area contributed by atoms with Crippen LogP contribution in [-0.2, 0) is 16.1 Å². The van der Waals surface area contributed by atoms with Gasteiger partial charge in [-0.05, 0) is 23.3 Å². The summed E-state index contributed by atoms with van der Waals surface area (Å²) in [6.45, 7) is 0.494. The second kappa shape index (κ2) is 7.66. The van der Waals surface area contributed by atoms with Gasteiger partial charge in [0.25, 0.3) is 0 Å². The molecule has 2 aromatic rings. The van der Waals surface area contributed by atoms with E-state index in [4.69, 9.17) is 22.1 Å². The number of nitrogens with zero attached hydrogens (tertiary/aromatic N) is 1. The molecule has 0 spiro atoms. The van der Waals surface area contributed by atoms with E-state index in [-0.39, 0.29) is 25.6 Å². The summed E-state index contributed by atoms with van der Waals surface area (Å²) in [4.78, 5) is 25.4. The van der Waals surface area contributed by atoms with Crippen molar-refractivity contribution in [1.29, 1.82) is 0 Å². The topological polar surface area (TPSA) is 92.9 Å². The van der Waals surface area contributed by atoms with Crippen molar-refractivity contribution >= 4 is 29.4 Å². The molecule has 0 aromatic heterocycles. The molecule has 3 N–H and O–H groups in total. The minimum Gasteiger partial charge on any atom is -0.481 e. The molecule has 1 saturated heterocycles. The van der Waals surface area contributed by atoms with E-state index >= 15 is 0 Å². The number of likely N-dealkylation sites (tertiary alicyclic amines) is 1. The van der Waals surface area contributed by atoms with Crippen molar-refractivity contribution in [2.75, 3.05) is 18.8 Å². The molecular formula is C19H19ClN2O4. The van der Waals surface area contributed by atoms with Crippen LogP contribution in [0.5, 0.6) is 0 Å². The molecule has 1 heterocycles. The van der Waals surface area contributed by atoms with Gasteiger partial charge in [-0.2, -0.15) is 0 Å². The highest BCUT2D eigenvalue weighted by Crippen LogP contribution is 2.35. The lowest BCUT2D eigenvalue weighted by molar-refractivity contribution is -0.141. The Morgan fingerprint density at radius 1 is 1.19 bits per heavy atom. The summed E-state index contributed by atoms with van der Waals surface area (Å²) < 4.78 is 5.32. The minimum absolute atomic E-state index is 0.0934. The molecule has 1 aliphatic rings. The average molecular weight is 375 g/mol. The van der Waals surface area contributed by atoms with Crippen molar-refractivity contribution in [1.82, 2.24) is 4.90 Å². The van der Waals surface area contributed by atoms with Gasteiger partial charge in [-0.3, -0.25) is 4.79 Å². The lowest BCUT2D eigenvalue weighted by Crippen LogP contribution is -2.30. The zero-order valence-corrected chi connectivity index (χ0v) is 14.7. The van der Waals surface area contributed by atoms with Gasteiger partial charge in [0.15, 0.2) is 0 Å². The molecule has 2 unspecified atom stereocenters. The van der Waals surface area contributed by atoms with Crippen LogP contribution in [0.2, 0.25) is 5.02 Å². The van der Waals surface area contributed by atoms with E-state index in [2.05, 4.69) is 0 Å². The molecule has 0 aliphatic carbocycles. The number of amides is 1. The zero-order chi connectivity index (χ0) is 18.7. The van der Waals surface area contributed by atoms with E-state index in [9.17, 15) is 14.7 Å². The molecule has 6 nitrogen and oxygen atoms in total. The molecule has 1 aliphatic heterocycles.